The first kappa shape index (κ1) is 13.5. The van der Waals surface area contributed by atoms with Crippen LogP contribution in [0.3, 0.4) is 0 Å². The van der Waals surface area contributed by atoms with Crippen molar-refractivity contribution < 1.29 is 17.9 Å². The molecule has 1 aromatic carbocycles. The first-order valence-electron chi connectivity index (χ1n) is 4.73. The molecule has 1 aromatic rings. The average Bonchev–Trinajstić information content (AvgIpc) is 2.17. The molecule has 0 aliphatic heterocycles. The van der Waals surface area contributed by atoms with Gasteiger partial charge < -0.3 is 4.74 Å². The molecule has 0 fully saturated rings. The van der Waals surface area contributed by atoms with Gasteiger partial charge in [-0.05, 0) is 17.7 Å². The maximum Gasteiger partial charge on any atom is 0.268 e. The van der Waals surface area contributed by atoms with Gasteiger partial charge in [0, 0.05) is 12.3 Å². The topological polar surface area (TPSA) is 9.23 Å². The van der Waals surface area contributed by atoms with Gasteiger partial charge in [0.15, 0.2) is 0 Å². The fourth-order valence-electron chi connectivity index (χ4n) is 1.18. The van der Waals surface area contributed by atoms with Crippen molar-refractivity contribution in [1.82, 2.24) is 0 Å². The summed E-state index contributed by atoms with van der Waals surface area (Å²) in [5.74, 6) is -3.29. The molecular weight excluding hydrogens is 285 g/mol. The lowest BCUT2D eigenvalue weighted by molar-refractivity contribution is -0.0828. The van der Waals surface area contributed by atoms with E-state index in [4.69, 9.17) is 4.74 Å². The standard InChI is InChI=1S/C11H12BrF3O/c1-11(14,15)7-16-10(6-12)8-3-2-4-9(13)5-8/h2-5,10H,6-7H2,1H3. The lowest BCUT2D eigenvalue weighted by atomic mass is 10.1. The van der Waals surface area contributed by atoms with E-state index < -0.39 is 24.5 Å². The lowest BCUT2D eigenvalue weighted by Crippen LogP contribution is -2.21. The lowest BCUT2D eigenvalue weighted by Gasteiger charge is -2.18. The Labute approximate surface area is 101 Å². The average molecular weight is 297 g/mol. The van der Waals surface area contributed by atoms with Gasteiger partial charge in [0.1, 0.15) is 12.4 Å². The second kappa shape index (κ2) is 5.68. The van der Waals surface area contributed by atoms with Crippen molar-refractivity contribution in [1.29, 1.82) is 0 Å². The van der Waals surface area contributed by atoms with Crippen molar-refractivity contribution in [3.8, 4) is 0 Å². The minimum absolute atomic E-state index is 0.340. The molecule has 0 radical (unpaired) electrons. The van der Waals surface area contributed by atoms with E-state index >= 15 is 0 Å². The third-order valence-corrected chi connectivity index (χ3v) is 2.49. The molecule has 0 saturated carbocycles. The van der Waals surface area contributed by atoms with E-state index in [9.17, 15) is 13.2 Å². The van der Waals surface area contributed by atoms with Crippen LogP contribution in [0.5, 0.6) is 0 Å². The van der Waals surface area contributed by atoms with Gasteiger partial charge in [-0.1, -0.05) is 28.1 Å². The Bertz CT molecular complexity index is 338. The van der Waals surface area contributed by atoms with E-state index in [2.05, 4.69) is 15.9 Å². The van der Waals surface area contributed by atoms with E-state index in [0.717, 1.165) is 6.92 Å². The Kier molecular flexibility index (Phi) is 4.80. The summed E-state index contributed by atoms with van der Waals surface area (Å²) in [7, 11) is 0. The number of ether oxygens (including phenoxy) is 1. The number of hydrogen-bond donors (Lipinski definition) is 0. The predicted octanol–water partition coefficient (Wildman–Crippen LogP) is 3.93. The summed E-state index contributed by atoms with van der Waals surface area (Å²) in [6, 6.07) is 5.74. The Hall–Kier alpha value is -0.550. The zero-order valence-electron chi connectivity index (χ0n) is 8.72. The highest BCUT2D eigenvalue weighted by molar-refractivity contribution is 9.09. The fraction of sp³-hybridized carbons (Fsp3) is 0.455. The highest BCUT2D eigenvalue weighted by atomic mass is 79.9. The minimum atomic E-state index is -2.88. The zero-order valence-corrected chi connectivity index (χ0v) is 10.3. The summed E-state index contributed by atoms with van der Waals surface area (Å²) >= 11 is 3.15. The van der Waals surface area contributed by atoms with E-state index in [1.165, 1.54) is 18.2 Å². The van der Waals surface area contributed by atoms with Crippen LogP contribution >= 0.6 is 15.9 Å². The van der Waals surface area contributed by atoms with E-state index in [-0.39, 0.29) is 0 Å². The maximum absolute atomic E-state index is 12.9. The van der Waals surface area contributed by atoms with Crippen LogP contribution in [-0.2, 0) is 4.74 Å². The molecule has 0 bridgehead atoms. The van der Waals surface area contributed by atoms with Gasteiger partial charge in [0.05, 0.1) is 6.10 Å². The Morgan fingerprint density at radius 3 is 2.62 bits per heavy atom. The van der Waals surface area contributed by atoms with Crippen LogP contribution in [-0.4, -0.2) is 17.9 Å². The molecule has 0 N–H and O–H groups in total. The van der Waals surface area contributed by atoms with Crippen LogP contribution in [0.25, 0.3) is 0 Å². The Balaban J connectivity index is 2.68. The van der Waals surface area contributed by atoms with Gasteiger partial charge in [-0.25, -0.2) is 13.2 Å². The smallest absolute Gasteiger partial charge is 0.268 e. The molecule has 5 heteroatoms. The minimum Gasteiger partial charge on any atom is -0.366 e. The number of rotatable bonds is 5. The van der Waals surface area contributed by atoms with Crippen molar-refractivity contribution in [2.45, 2.75) is 19.0 Å². The summed E-state index contributed by atoms with van der Waals surface area (Å²) in [5, 5.41) is 0.340. The Morgan fingerprint density at radius 2 is 2.12 bits per heavy atom. The van der Waals surface area contributed by atoms with Gasteiger partial charge in [-0.15, -0.1) is 0 Å². The second-order valence-corrected chi connectivity index (χ2v) is 4.23. The third kappa shape index (κ3) is 4.53. The highest BCUT2D eigenvalue weighted by Crippen LogP contribution is 2.23. The largest absolute Gasteiger partial charge is 0.366 e. The number of halogens is 4. The van der Waals surface area contributed by atoms with Crippen LogP contribution in [0.4, 0.5) is 13.2 Å². The normalized spacial score (nSPS) is 13.8. The second-order valence-electron chi connectivity index (χ2n) is 3.58. The van der Waals surface area contributed by atoms with Gasteiger partial charge in [0.25, 0.3) is 5.92 Å². The van der Waals surface area contributed by atoms with Gasteiger partial charge >= 0.3 is 0 Å². The predicted molar refractivity (Wildman–Crippen MR) is 59.5 cm³/mol. The molecule has 0 aliphatic carbocycles. The number of alkyl halides is 3. The summed E-state index contributed by atoms with van der Waals surface area (Å²) in [6.07, 6.45) is -0.568. The number of hydrogen-bond acceptors (Lipinski definition) is 1. The van der Waals surface area contributed by atoms with Crippen LogP contribution in [0, 0.1) is 5.82 Å². The summed E-state index contributed by atoms with van der Waals surface area (Å²) in [5.41, 5.74) is 0.543. The van der Waals surface area contributed by atoms with Crippen LogP contribution < -0.4 is 0 Å². The molecule has 0 amide bonds. The van der Waals surface area contributed by atoms with E-state index in [1.807, 2.05) is 0 Å². The third-order valence-electron chi connectivity index (χ3n) is 1.90. The molecule has 1 unspecified atom stereocenters. The molecule has 1 atom stereocenters. The maximum atomic E-state index is 12.9. The first-order chi connectivity index (χ1) is 7.42. The molecular formula is C11H12BrF3O. The van der Waals surface area contributed by atoms with Gasteiger partial charge in [0.2, 0.25) is 0 Å². The van der Waals surface area contributed by atoms with Crippen molar-refractivity contribution in [2.24, 2.45) is 0 Å². The van der Waals surface area contributed by atoms with Crippen molar-refractivity contribution in [3.05, 3.63) is 35.6 Å². The van der Waals surface area contributed by atoms with Crippen molar-refractivity contribution in [3.63, 3.8) is 0 Å². The monoisotopic (exact) mass is 296 g/mol. The fourth-order valence-corrected chi connectivity index (χ4v) is 1.74. The van der Waals surface area contributed by atoms with Crippen molar-refractivity contribution >= 4 is 15.9 Å². The SMILES string of the molecule is CC(F)(F)COC(CBr)c1cccc(F)c1. The molecule has 0 aromatic heterocycles. The molecule has 0 heterocycles. The van der Waals surface area contributed by atoms with Gasteiger partial charge in [-0.3, -0.25) is 0 Å². The van der Waals surface area contributed by atoms with E-state index in [0.29, 0.717) is 10.9 Å². The quantitative estimate of drug-likeness (QED) is 0.748. The first-order valence-corrected chi connectivity index (χ1v) is 5.85. The molecule has 0 aliphatic rings. The zero-order chi connectivity index (χ0) is 12.2. The Morgan fingerprint density at radius 1 is 1.44 bits per heavy atom. The van der Waals surface area contributed by atoms with E-state index in [1.54, 1.807) is 6.07 Å². The van der Waals surface area contributed by atoms with Crippen molar-refractivity contribution in [2.75, 3.05) is 11.9 Å². The van der Waals surface area contributed by atoms with Crippen LogP contribution in [0.1, 0.15) is 18.6 Å². The molecule has 0 spiro atoms. The highest BCUT2D eigenvalue weighted by Gasteiger charge is 2.24. The molecule has 16 heavy (non-hydrogen) atoms. The van der Waals surface area contributed by atoms with Crippen LogP contribution in [0.2, 0.25) is 0 Å². The number of benzene rings is 1. The molecule has 1 rings (SSSR count). The molecule has 0 saturated heterocycles. The summed E-state index contributed by atoms with van der Waals surface area (Å²) < 4.78 is 43.2. The summed E-state index contributed by atoms with van der Waals surface area (Å²) in [6.45, 7) is 0.101. The molecule has 90 valence electrons. The molecule has 1 nitrogen and oxygen atoms in total. The summed E-state index contributed by atoms with van der Waals surface area (Å²) in [4.78, 5) is 0. The van der Waals surface area contributed by atoms with Gasteiger partial charge in [-0.2, -0.15) is 0 Å². The van der Waals surface area contributed by atoms with Crippen LogP contribution in [0.15, 0.2) is 24.3 Å².